The first-order chi connectivity index (χ1) is 7.15. The Morgan fingerprint density at radius 2 is 2.13 bits per heavy atom. The number of hydrazine groups is 1. The topological polar surface area (TPSA) is 83.2 Å². The van der Waals surface area contributed by atoms with Gasteiger partial charge in [0.05, 0.1) is 0 Å². The average molecular weight is 233 g/mol. The Labute approximate surface area is 94.5 Å². The molecule has 1 fully saturated rings. The van der Waals surface area contributed by atoms with Crippen molar-refractivity contribution < 1.29 is 4.74 Å². The Kier molecular flexibility index (Phi) is 4.87. The van der Waals surface area contributed by atoms with Crippen molar-refractivity contribution in [3.8, 4) is 0 Å². The van der Waals surface area contributed by atoms with Gasteiger partial charge in [-0.1, -0.05) is 11.6 Å². The minimum Gasteiger partial charge on any atom is -0.475 e. The summed E-state index contributed by atoms with van der Waals surface area (Å²) < 4.78 is 5.64. The van der Waals surface area contributed by atoms with Gasteiger partial charge < -0.3 is 10.1 Å². The molecule has 0 aromatic rings. The molecule has 0 aliphatic carbocycles. The van der Waals surface area contributed by atoms with Crippen molar-refractivity contribution in [2.45, 2.75) is 25.9 Å². The normalized spacial score (nSPS) is 19.4. The van der Waals surface area contributed by atoms with Crippen molar-refractivity contribution in [2.75, 3.05) is 13.1 Å². The second kappa shape index (κ2) is 5.95. The van der Waals surface area contributed by atoms with E-state index in [1.165, 1.54) is 0 Å². The van der Waals surface area contributed by atoms with E-state index in [0.29, 0.717) is 11.5 Å². The Morgan fingerprint density at radius 3 is 2.60 bits per heavy atom. The first-order valence-electron chi connectivity index (χ1n) is 4.94. The molecule has 0 aromatic heterocycles. The molecule has 0 bridgehead atoms. The fraction of sp³-hybridized carbons (Fsp3) is 0.667. The number of hydrogen-bond donors (Lipinski definition) is 4. The number of hydrogen-bond acceptors (Lipinski definition) is 5. The van der Waals surface area contributed by atoms with Gasteiger partial charge in [-0.25, -0.2) is 5.84 Å². The summed E-state index contributed by atoms with van der Waals surface area (Å²) in [6.07, 6.45) is 2.02. The second-order valence-electron chi connectivity index (χ2n) is 3.48. The van der Waals surface area contributed by atoms with Crippen LogP contribution in [0.3, 0.4) is 0 Å². The van der Waals surface area contributed by atoms with Crippen molar-refractivity contribution in [3.05, 3.63) is 11.5 Å². The van der Waals surface area contributed by atoms with Gasteiger partial charge in [0, 0.05) is 5.57 Å². The van der Waals surface area contributed by atoms with Crippen LogP contribution in [0.25, 0.3) is 0 Å². The van der Waals surface area contributed by atoms with Crippen LogP contribution in [-0.4, -0.2) is 24.4 Å². The molecular weight excluding hydrogens is 216 g/mol. The van der Waals surface area contributed by atoms with Gasteiger partial charge in [0.2, 0.25) is 5.88 Å². The van der Waals surface area contributed by atoms with E-state index < -0.39 is 0 Å². The van der Waals surface area contributed by atoms with Crippen LogP contribution in [-0.2, 0) is 4.74 Å². The van der Waals surface area contributed by atoms with Gasteiger partial charge >= 0.3 is 0 Å². The van der Waals surface area contributed by atoms with Crippen LogP contribution in [0.1, 0.15) is 19.8 Å². The van der Waals surface area contributed by atoms with Crippen LogP contribution < -0.4 is 16.6 Å². The Bertz CT molecular complexity index is 261. The zero-order chi connectivity index (χ0) is 11.3. The maximum Gasteiger partial charge on any atom is 0.207 e. The highest BCUT2D eigenvalue weighted by molar-refractivity contribution is 6.68. The molecular formula is C9H17ClN4O. The highest BCUT2D eigenvalue weighted by Crippen LogP contribution is 2.14. The Morgan fingerprint density at radius 1 is 1.53 bits per heavy atom. The van der Waals surface area contributed by atoms with Gasteiger partial charge in [-0.15, -0.1) is 0 Å². The van der Waals surface area contributed by atoms with Crippen molar-refractivity contribution >= 4 is 16.8 Å². The summed E-state index contributed by atoms with van der Waals surface area (Å²) in [7, 11) is 0. The predicted molar refractivity (Wildman–Crippen MR) is 60.6 cm³/mol. The molecule has 5 N–H and O–H groups in total. The van der Waals surface area contributed by atoms with E-state index in [-0.39, 0.29) is 11.3 Å². The van der Waals surface area contributed by atoms with E-state index in [1.807, 2.05) is 0 Å². The lowest BCUT2D eigenvalue weighted by Crippen LogP contribution is -2.35. The van der Waals surface area contributed by atoms with Crippen molar-refractivity contribution in [1.82, 2.24) is 10.7 Å². The molecule has 0 unspecified atom stereocenters. The van der Waals surface area contributed by atoms with Crippen LogP contribution in [0.2, 0.25) is 0 Å². The number of rotatable bonds is 4. The van der Waals surface area contributed by atoms with Crippen LogP contribution in [0, 0.1) is 5.41 Å². The molecule has 0 saturated carbocycles. The van der Waals surface area contributed by atoms with Crippen molar-refractivity contribution in [2.24, 2.45) is 5.84 Å². The summed E-state index contributed by atoms with van der Waals surface area (Å²) in [5.41, 5.74) is 2.97. The first kappa shape index (κ1) is 12.3. The highest BCUT2D eigenvalue weighted by Gasteiger charge is 2.17. The molecule has 0 radical (unpaired) electrons. The number of piperidine rings is 1. The lowest BCUT2D eigenvalue weighted by Gasteiger charge is -2.25. The molecule has 15 heavy (non-hydrogen) atoms. The number of allylic oxidation sites excluding steroid dienone is 1. The van der Waals surface area contributed by atoms with Gasteiger partial charge in [0.1, 0.15) is 11.3 Å². The Hall–Kier alpha value is -0.780. The average Bonchev–Trinajstić information content (AvgIpc) is 2.26. The zero-order valence-electron chi connectivity index (χ0n) is 8.77. The van der Waals surface area contributed by atoms with E-state index in [4.69, 9.17) is 27.6 Å². The van der Waals surface area contributed by atoms with Gasteiger partial charge in [-0.3, -0.25) is 10.8 Å². The molecule has 1 heterocycles. The SMILES string of the molecule is C/C(C(=N)Cl)=C(/NN)OC1CCNCC1. The van der Waals surface area contributed by atoms with E-state index >= 15 is 0 Å². The second-order valence-corrected chi connectivity index (χ2v) is 3.86. The molecule has 1 aliphatic rings. The molecule has 86 valence electrons. The molecule has 1 saturated heterocycles. The largest absolute Gasteiger partial charge is 0.475 e. The number of ether oxygens (including phenoxy) is 1. The fourth-order valence-electron chi connectivity index (χ4n) is 1.41. The maximum atomic E-state index is 7.27. The summed E-state index contributed by atoms with van der Waals surface area (Å²) in [5, 5.41) is 10.5. The van der Waals surface area contributed by atoms with Crippen LogP contribution >= 0.6 is 11.6 Å². The predicted octanol–water partition coefficient (Wildman–Crippen LogP) is 0.666. The first-order valence-corrected chi connectivity index (χ1v) is 5.32. The number of nitrogens with one attached hydrogen (secondary N) is 3. The zero-order valence-corrected chi connectivity index (χ0v) is 9.53. The van der Waals surface area contributed by atoms with Crippen molar-refractivity contribution in [3.63, 3.8) is 0 Å². The quantitative estimate of drug-likeness (QED) is 0.249. The third-order valence-corrected chi connectivity index (χ3v) is 2.66. The minimum atomic E-state index is -0.0584. The van der Waals surface area contributed by atoms with Crippen LogP contribution in [0.5, 0.6) is 0 Å². The fourth-order valence-corrected chi connectivity index (χ4v) is 1.50. The van der Waals surface area contributed by atoms with Crippen molar-refractivity contribution in [1.29, 1.82) is 5.41 Å². The van der Waals surface area contributed by atoms with E-state index in [1.54, 1.807) is 6.92 Å². The van der Waals surface area contributed by atoms with E-state index in [9.17, 15) is 0 Å². The van der Waals surface area contributed by atoms with E-state index in [2.05, 4.69) is 10.7 Å². The molecule has 0 spiro atoms. The number of halogens is 1. The standard InChI is InChI=1S/C9H17ClN4O/c1-6(8(10)11)9(14-12)15-7-2-4-13-5-3-7/h7,11,13-14H,2-5,12H2,1H3/b9-6+,11-8?. The van der Waals surface area contributed by atoms with E-state index in [0.717, 1.165) is 25.9 Å². The molecule has 5 nitrogen and oxygen atoms in total. The molecule has 1 rings (SSSR count). The smallest absolute Gasteiger partial charge is 0.207 e. The summed E-state index contributed by atoms with van der Waals surface area (Å²) in [5.74, 6) is 5.72. The third kappa shape index (κ3) is 3.70. The monoisotopic (exact) mass is 232 g/mol. The van der Waals surface area contributed by atoms with Gasteiger partial charge in [0.25, 0.3) is 0 Å². The molecule has 6 heteroatoms. The van der Waals surface area contributed by atoms with Gasteiger partial charge in [-0.05, 0) is 32.9 Å². The summed E-state index contributed by atoms with van der Waals surface area (Å²) in [6, 6.07) is 0. The molecule has 0 aromatic carbocycles. The lowest BCUT2D eigenvalue weighted by molar-refractivity contribution is 0.0747. The summed E-state index contributed by atoms with van der Waals surface area (Å²) >= 11 is 5.56. The third-order valence-electron chi connectivity index (χ3n) is 2.37. The number of nitrogens with two attached hydrogens (primary N) is 1. The minimum absolute atomic E-state index is 0.0584. The molecule has 0 amide bonds. The summed E-state index contributed by atoms with van der Waals surface area (Å²) in [6.45, 7) is 3.59. The maximum absolute atomic E-state index is 7.27. The lowest BCUT2D eigenvalue weighted by atomic mass is 10.1. The summed E-state index contributed by atoms with van der Waals surface area (Å²) in [4.78, 5) is 0. The van der Waals surface area contributed by atoms with Crippen LogP contribution in [0.15, 0.2) is 11.5 Å². The van der Waals surface area contributed by atoms with Crippen LogP contribution in [0.4, 0.5) is 0 Å². The van der Waals surface area contributed by atoms with Gasteiger partial charge in [0.15, 0.2) is 0 Å². The van der Waals surface area contributed by atoms with Gasteiger partial charge in [-0.2, -0.15) is 0 Å². The molecule has 1 aliphatic heterocycles. The highest BCUT2D eigenvalue weighted by atomic mass is 35.5. The Balaban J connectivity index is 2.59. The molecule has 0 atom stereocenters.